The Balaban J connectivity index is 1.86. The maximum atomic E-state index is 10.3. The number of imidazole rings is 1. The normalized spacial score (nSPS) is 15.2. The Morgan fingerprint density at radius 3 is 2.95 bits per heavy atom. The van der Waals surface area contributed by atoms with Crippen LogP contribution in [-0.4, -0.2) is 27.9 Å². The highest BCUT2D eigenvalue weighted by molar-refractivity contribution is 6.32. The zero-order valence-corrected chi connectivity index (χ0v) is 11.8. The van der Waals surface area contributed by atoms with Gasteiger partial charge < -0.3 is 19.1 Å². The molecule has 0 fully saturated rings. The van der Waals surface area contributed by atoms with E-state index < -0.39 is 6.10 Å². The quantitative estimate of drug-likeness (QED) is 0.942. The van der Waals surface area contributed by atoms with E-state index in [1.54, 1.807) is 18.3 Å². The van der Waals surface area contributed by atoms with Gasteiger partial charge in [0, 0.05) is 25.9 Å². The number of aromatic nitrogens is 2. The first-order chi connectivity index (χ1) is 9.65. The molecule has 0 saturated heterocycles. The van der Waals surface area contributed by atoms with Crippen LogP contribution in [0.1, 0.15) is 17.5 Å². The highest BCUT2D eigenvalue weighted by Gasteiger charge is 2.20. The van der Waals surface area contributed by atoms with Gasteiger partial charge in [0.25, 0.3) is 0 Å². The van der Waals surface area contributed by atoms with Crippen LogP contribution in [0.5, 0.6) is 11.5 Å². The van der Waals surface area contributed by atoms with Crippen molar-refractivity contribution >= 4 is 11.6 Å². The van der Waals surface area contributed by atoms with Crippen LogP contribution in [-0.2, 0) is 13.5 Å². The average Bonchev–Trinajstić information content (AvgIpc) is 2.84. The van der Waals surface area contributed by atoms with Gasteiger partial charge in [0.2, 0.25) is 0 Å². The van der Waals surface area contributed by atoms with Crippen molar-refractivity contribution in [1.29, 1.82) is 0 Å². The lowest BCUT2D eigenvalue weighted by Gasteiger charge is -2.21. The van der Waals surface area contributed by atoms with Crippen molar-refractivity contribution in [1.82, 2.24) is 9.55 Å². The number of ether oxygens (including phenoxy) is 2. The number of rotatable bonds is 3. The van der Waals surface area contributed by atoms with Crippen molar-refractivity contribution in [2.45, 2.75) is 12.5 Å². The molecule has 0 bridgehead atoms. The van der Waals surface area contributed by atoms with E-state index in [2.05, 4.69) is 4.98 Å². The van der Waals surface area contributed by atoms with Crippen LogP contribution < -0.4 is 9.47 Å². The maximum Gasteiger partial charge on any atom is 0.179 e. The number of aliphatic hydroxyl groups is 1. The highest BCUT2D eigenvalue weighted by atomic mass is 35.5. The molecule has 0 saturated carbocycles. The van der Waals surface area contributed by atoms with Gasteiger partial charge >= 0.3 is 0 Å². The zero-order chi connectivity index (χ0) is 14.1. The van der Waals surface area contributed by atoms with Gasteiger partial charge in [-0.05, 0) is 17.7 Å². The minimum atomic E-state index is -0.690. The lowest BCUT2D eigenvalue weighted by atomic mass is 10.1. The van der Waals surface area contributed by atoms with Crippen LogP contribution in [0.25, 0.3) is 0 Å². The van der Waals surface area contributed by atoms with Crippen molar-refractivity contribution in [3.05, 3.63) is 40.9 Å². The molecule has 0 radical (unpaired) electrons. The summed E-state index contributed by atoms with van der Waals surface area (Å²) in [4.78, 5) is 4.21. The van der Waals surface area contributed by atoms with Crippen LogP contribution in [0, 0.1) is 0 Å². The molecule has 1 aliphatic heterocycles. The molecule has 2 heterocycles. The summed E-state index contributed by atoms with van der Waals surface area (Å²) in [5.41, 5.74) is 0.697. The minimum absolute atomic E-state index is 0.416. The predicted octanol–water partition coefficient (Wildman–Crippen LogP) is 2.12. The summed E-state index contributed by atoms with van der Waals surface area (Å²) >= 11 is 6.17. The molecule has 5 nitrogen and oxygen atoms in total. The molecule has 106 valence electrons. The molecule has 1 aliphatic rings. The summed E-state index contributed by atoms with van der Waals surface area (Å²) in [6.07, 6.45) is 3.28. The molecule has 3 rings (SSSR count). The third kappa shape index (κ3) is 2.46. The summed E-state index contributed by atoms with van der Waals surface area (Å²) in [7, 11) is 1.89. The van der Waals surface area contributed by atoms with E-state index in [1.807, 2.05) is 17.8 Å². The smallest absolute Gasteiger partial charge is 0.179 e. The third-order valence-electron chi connectivity index (χ3n) is 3.30. The molecular formula is C14H15ClN2O3. The number of halogens is 1. The second-order valence-electron chi connectivity index (χ2n) is 4.70. The molecular weight excluding hydrogens is 280 g/mol. The largest absolute Gasteiger partial charge is 0.486 e. The van der Waals surface area contributed by atoms with Gasteiger partial charge in [0.05, 0.1) is 11.1 Å². The van der Waals surface area contributed by atoms with Gasteiger partial charge in [-0.25, -0.2) is 4.98 Å². The first kappa shape index (κ1) is 13.3. The van der Waals surface area contributed by atoms with Crippen LogP contribution in [0.15, 0.2) is 24.5 Å². The molecule has 1 N–H and O–H groups in total. The fourth-order valence-corrected chi connectivity index (χ4v) is 2.48. The van der Waals surface area contributed by atoms with Gasteiger partial charge in [-0.2, -0.15) is 0 Å². The van der Waals surface area contributed by atoms with Crippen LogP contribution in [0.2, 0.25) is 5.02 Å². The first-order valence-corrected chi connectivity index (χ1v) is 6.76. The molecule has 1 unspecified atom stereocenters. The summed E-state index contributed by atoms with van der Waals surface area (Å²) < 4.78 is 12.8. The van der Waals surface area contributed by atoms with E-state index >= 15 is 0 Å². The van der Waals surface area contributed by atoms with Gasteiger partial charge in [-0.15, -0.1) is 0 Å². The van der Waals surface area contributed by atoms with E-state index in [1.165, 1.54) is 0 Å². The van der Waals surface area contributed by atoms with Crippen molar-refractivity contribution in [2.75, 3.05) is 13.2 Å². The monoisotopic (exact) mass is 294 g/mol. The highest BCUT2D eigenvalue weighted by Crippen LogP contribution is 2.40. The van der Waals surface area contributed by atoms with E-state index in [9.17, 15) is 5.11 Å². The average molecular weight is 295 g/mol. The van der Waals surface area contributed by atoms with Gasteiger partial charge in [-0.3, -0.25) is 0 Å². The lowest BCUT2D eigenvalue weighted by molar-refractivity contribution is 0.163. The molecule has 1 aromatic heterocycles. The second-order valence-corrected chi connectivity index (χ2v) is 5.11. The molecule has 0 aliphatic carbocycles. The summed E-state index contributed by atoms with van der Waals surface area (Å²) in [6, 6.07) is 3.48. The van der Waals surface area contributed by atoms with Crippen LogP contribution in [0.4, 0.5) is 0 Å². The lowest BCUT2D eigenvalue weighted by Crippen LogP contribution is -2.16. The van der Waals surface area contributed by atoms with Crippen molar-refractivity contribution < 1.29 is 14.6 Å². The van der Waals surface area contributed by atoms with E-state index in [0.29, 0.717) is 41.7 Å². The standard InChI is InChI=1S/C14H15ClN2O3/c1-17-3-2-16-13(17)8-11(18)9-6-10(15)14-12(7-9)19-4-5-20-14/h2-3,6-7,11,18H,4-5,8H2,1H3. The Kier molecular flexibility index (Phi) is 3.54. The van der Waals surface area contributed by atoms with E-state index in [-0.39, 0.29) is 0 Å². The van der Waals surface area contributed by atoms with Gasteiger partial charge in [0.1, 0.15) is 19.0 Å². The molecule has 0 spiro atoms. The van der Waals surface area contributed by atoms with Gasteiger partial charge in [-0.1, -0.05) is 11.6 Å². The number of hydrogen-bond acceptors (Lipinski definition) is 4. The van der Waals surface area contributed by atoms with Gasteiger partial charge in [0.15, 0.2) is 11.5 Å². The number of fused-ring (bicyclic) bond motifs is 1. The third-order valence-corrected chi connectivity index (χ3v) is 3.58. The SMILES string of the molecule is Cn1ccnc1CC(O)c1cc(Cl)c2c(c1)OCCO2. The number of benzene rings is 1. The summed E-state index contributed by atoms with van der Waals surface area (Å²) in [5, 5.41) is 10.8. The summed E-state index contributed by atoms with van der Waals surface area (Å²) in [6.45, 7) is 0.976. The fraction of sp³-hybridized carbons (Fsp3) is 0.357. The Labute approximate surface area is 121 Å². The molecule has 20 heavy (non-hydrogen) atoms. The summed E-state index contributed by atoms with van der Waals surface area (Å²) in [5.74, 6) is 1.94. The number of nitrogens with zero attached hydrogens (tertiary/aromatic N) is 2. The van der Waals surface area contributed by atoms with Crippen molar-refractivity contribution in [3.8, 4) is 11.5 Å². The Bertz CT molecular complexity index is 627. The molecule has 1 atom stereocenters. The number of aryl methyl sites for hydroxylation is 1. The Hall–Kier alpha value is -1.72. The topological polar surface area (TPSA) is 56.5 Å². The molecule has 1 aromatic carbocycles. The number of hydrogen-bond donors (Lipinski definition) is 1. The minimum Gasteiger partial charge on any atom is -0.486 e. The van der Waals surface area contributed by atoms with Crippen molar-refractivity contribution in [3.63, 3.8) is 0 Å². The second kappa shape index (κ2) is 5.34. The molecule has 2 aromatic rings. The first-order valence-electron chi connectivity index (χ1n) is 6.38. The number of aliphatic hydroxyl groups excluding tert-OH is 1. The zero-order valence-electron chi connectivity index (χ0n) is 11.0. The van der Waals surface area contributed by atoms with E-state index in [4.69, 9.17) is 21.1 Å². The van der Waals surface area contributed by atoms with E-state index in [0.717, 1.165) is 5.82 Å². The maximum absolute atomic E-state index is 10.3. The predicted molar refractivity (Wildman–Crippen MR) is 74.3 cm³/mol. The van der Waals surface area contributed by atoms with Crippen LogP contribution >= 0.6 is 11.6 Å². The fourth-order valence-electron chi connectivity index (χ4n) is 2.21. The molecule has 0 amide bonds. The Morgan fingerprint density at radius 1 is 1.40 bits per heavy atom. The van der Waals surface area contributed by atoms with Crippen LogP contribution in [0.3, 0.4) is 0 Å². The molecule has 6 heteroatoms. The van der Waals surface area contributed by atoms with Crippen molar-refractivity contribution in [2.24, 2.45) is 7.05 Å². The Morgan fingerprint density at radius 2 is 2.20 bits per heavy atom.